The van der Waals surface area contributed by atoms with E-state index < -0.39 is 0 Å². The first-order chi connectivity index (χ1) is 7.81. The Morgan fingerprint density at radius 2 is 2.50 bits per heavy atom. The predicted molar refractivity (Wildman–Crippen MR) is 65.5 cm³/mol. The van der Waals surface area contributed by atoms with Crippen molar-refractivity contribution in [2.75, 3.05) is 37.4 Å². The Hall–Kier alpha value is -1.29. The normalized spacial score (nSPS) is 21.1. The van der Waals surface area contributed by atoms with Gasteiger partial charge in [0.05, 0.1) is 12.3 Å². The van der Waals surface area contributed by atoms with Gasteiger partial charge in [-0.05, 0) is 30.9 Å². The quantitative estimate of drug-likeness (QED) is 0.841. The van der Waals surface area contributed by atoms with E-state index in [1.165, 1.54) is 12.8 Å². The van der Waals surface area contributed by atoms with Crippen LogP contribution in [-0.2, 0) is 4.74 Å². The third-order valence-electron chi connectivity index (χ3n) is 3.08. The maximum absolute atomic E-state index is 5.89. The van der Waals surface area contributed by atoms with E-state index in [1.54, 1.807) is 13.3 Å². The monoisotopic (exact) mass is 221 g/mol. The smallest absolute Gasteiger partial charge is 0.146 e. The minimum Gasteiger partial charge on any atom is -0.384 e. The van der Waals surface area contributed by atoms with E-state index in [1.807, 2.05) is 12.1 Å². The molecule has 4 heteroatoms. The largest absolute Gasteiger partial charge is 0.384 e. The van der Waals surface area contributed by atoms with E-state index in [2.05, 4.69) is 9.88 Å². The molecule has 0 saturated carbocycles. The Morgan fingerprint density at radius 1 is 1.62 bits per heavy atom. The molecule has 1 aromatic heterocycles. The highest BCUT2D eigenvalue weighted by atomic mass is 16.5. The molecule has 1 atom stereocenters. The van der Waals surface area contributed by atoms with Crippen LogP contribution in [0.3, 0.4) is 0 Å². The van der Waals surface area contributed by atoms with Crippen molar-refractivity contribution in [2.45, 2.75) is 12.8 Å². The molecular weight excluding hydrogens is 202 g/mol. The number of hydrogen-bond donors (Lipinski definition) is 1. The van der Waals surface area contributed by atoms with Crippen LogP contribution in [0, 0.1) is 5.92 Å². The summed E-state index contributed by atoms with van der Waals surface area (Å²) in [6.45, 7) is 2.91. The van der Waals surface area contributed by atoms with Crippen LogP contribution in [-0.4, -0.2) is 31.8 Å². The summed E-state index contributed by atoms with van der Waals surface area (Å²) >= 11 is 0. The summed E-state index contributed by atoms with van der Waals surface area (Å²) in [6.07, 6.45) is 4.17. The van der Waals surface area contributed by atoms with Gasteiger partial charge in [0, 0.05) is 26.4 Å². The molecule has 0 bridgehead atoms. The fraction of sp³-hybridized carbons (Fsp3) is 0.583. The molecule has 4 nitrogen and oxygen atoms in total. The van der Waals surface area contributed by atoms with Gasteiger partial charge in [0.2, 0.25) is 0 Å². The second-order valence-corrected chi connectivity index (χ2v) is 4.32. The summed E-state index contributed by atoms with van der Waals surface area (Å²) in [6, 6.07) is 3.98. The van der Waals surface area contributed by atoms with Gasteiger partial charge in [0.1, 0.15) is 5.82 Å². The molecule has 88 valence electrons. The molecule has 1 aliphatic rings. The first kappa shape index (κ1) is 11.2. The average molecular weight is 221 g/mol. The summed E-state index contributed by atoms with van der Waals surface area (Å²) in [4.78, 5) is 6.45. The van der Waals surface area contributed by atoms with Crippen LogP contribution in [0.1, 0.15) is 12.8 Å². The lowest BCUT2D eigenvalue weighted by molar-refractivity contribution is 0.143. The van der Waals surface area contributed by atoms with Crippen LogP contribution >= 0.6 is 0 Å². The van der Waals surface area contributed by atoms with Crippen molar-refractivity contribution >= 4 is 11.5 Å². The molecule has 0 amide bonds. The summed E-state index contributed by atoms with van der Waals surface area (Å²) in [5.41, 5.74) is 6.95. The summed E-state index contributed by atoms with van der Waals surface area (Å²) in [7, 11) is 1.76. The number of pyridine rings is 1. The number of nitrogens with two attached hydrogens (primary N) is 1. The van der Waals surface area contributed by atoms with E-state index in [-0.39, 0.29) is 0 Å². The number of rotatable bonds is 3. The SMILES string of the molecule is COCC1CCCN(c2cccnc2N)C1. The van der Waals surface area contributed by atoms with Gasteiger partial charge in [0.25, 0.3) is 0 Å². The number of aromatic nitrogens is 1. The molecule has 1 aliphatic heterocycles. The Morgan fingerprint density at radius 3 is 3.25 bits per heavy atom. The van der Waals surface area contributed by atoms with Crippen LogP contribution in [0.5, 0.6) is 0 Å². The summed E-state index contributed by atoms with van der Waals surface area (Å²) in [5, 5.41) is 0. The zero-order chi connectivity index (χ0) is 11.4. The second-order valence-electron chi connectivity index (χ2n) is 4.32. The standard InChI is InChI=1S/C12H19N3O/c1-16-9-10-4-3-7-15(8-10)11-5-2-6-14-12(11)13/h2,5-6,10H,3-4,7-9H2,1H3,(H2,13,14). The molecule has 1 fully saturated rings. The lowest BCUT2D eigenvalue weighted by atomic mass is 9.98. The fourth-order valence-corrected chi connectivity index (χ4v) is 2.33. The third kappa shape index (κ3) is 2.44. The number of methoxy groups -OCH3 is 1. The highest BCUT2D eigenvalue weighted by molar-refractivity contribution is 5.63. The molecular formula is C12H19N3O. The Bertz CT molecular complexity index is 341. The molecule has 0 spiro atoms. The molecule has 0 radical (unpaired) electrons. The van der Waals surface area contributed by atoms with E-state index in [9.17, 15) is 0 Å². The molecule has 0 aliphatic carbocycles. The molecule has 2 heterocycles. The van der Waals surface area contributed by atoms with Crippen LogP contribution in [0.15, 0.2) is 18.3 Å². The Balaban J connectivity index is 2.07. The van der Waals surface area contributed by atoms with Gasteiger partial charge >= 0.3 is 0 Å². The zero-order valence-corrected chi connectivity index (χ0v) is 9.72. The highest BCUT2D eigenvalue weighted by Crippen LogP contribution is 2.26. The van der Waals surface area contributed by atoms with Gasteiger partial charge in [-0.25, -0.2) is 4.98 Å². The van der Waals surface area contributed by atoms with Crippen molar-refractivity contribution in [2.24, 2.45) is 5.92 Å². The van der Waals surface area contributed by atoms with Crippen LogP contribution in [0.25, 0.3) is 0 Å². The highest BCUT2D eigenvalue weighted by Gasteiger charge is 2.21. The van der Waals surface area contributed by atoms with Crippen molar-refractivity contribution < 1.29 is 4.74 Å². The third-order valence-corrected chi connectivity index (χ3v) is 3.08. The maximum atomic E-state index is 5.89. The number of nitrogen functional groups attached to an aromatic ring is 1. The van der Waals surface area contributed by atoms with Gasteiger partial charge in [0.15, 0.2) is 0 Å². The molecule has 16 heavy (non-hydrogen) atoms. The molecule has 2 rings (SSSR count). The maximum Gasteiger partial charge on any atom is 0.146 e. The van der Waals surface area contributed by atoms with Crippen molar-refractivity contribution in [1.82, 2.24) is 4.98 Å². The van der Waals surface area contributed by atoms with Gasteiger partial charge in [-0.3, -0.25) is 0 Å². The van der Waals surface area contributed by atoms with Gasteiger partial charge < -0.3 is 15.4 Å². The van der Waals surface area contributed by atoms with Gasteiger partial charge in [-0.15, -0.1) is 0 Å². The zero-order valence-electron chi connectivity index (χ0n) is 9.72. The summed E-state index contributed by atoms with van der Waals surface area (Å²) < 4.78 is 5.22. The van der Waals surface area contributed by atoms with E-state index in [0.29, 0.717) is 11.7 Å². The second kappa shape index (κ2) is 5.16. The van der Waals surface area contributed by atoms with Crippen LogP contribution < -0.4 is 10.6 Å². The number of ether oxygens (including phenoxy) is 1. The number of hydrogen-bond acceptors (Lipinski definition) is 4. The number of anilines is 2. The minimum atomic E-state index is 0.610. The molecule has 1 unspecified atom stereocenters. The first-order valence-electron chi connectivity index (χ1n) is 5.75. The number of nitrogens with zero attached hydrogens (tertiary/aromatic N) is 2. The minimum absolute atomic E-state index is 0.610. The molecule has 1 aromatic rings. The Labute approximate surface area is 96.4 Å². The number of piperidine rings is 1. The lowest BCUT2D eigenvalue weighted by Crippen LogP contribution is -2.37. The van der Waals surface area contributed by atoms with Crippen molar-refractivity contribution in [3.63, 3.8) is 0 Å². The fourth-order valence-electron chi connectivity index (χ4n) is 2.33. The van der Waals surface area contributed by atoms with Gasteiger partial charge in [-0.1, -0.05) is 0 Å². The molecule has 1 saturated heterocycles. The van der Waals surface area contributed by atoms with Crippen molar-refractivity contribution in [3.05, 3.63) is 18.3 Å². The van der Waals surface area contributed by atoms with Crippen LogP contribution in [0.2, 0.25) is 0 Å². The summed E-state index contributed by atoms with van der Waals surface area (Å²) in [5.74, 6) is 1.24. The lowest BCUT2D eigenvalue weighted by Gasteiger charge is -2.34. The van der Waals surface area contributed by atoms with Crippen molar-refractivity contribution in [1.29, 1.82) is 0 Å². The molecule has 0 aromatic carbocycles. The van der Waals surface area contributed by atoms with E-state index in [4.69, 9.17) is 10.5 Å². The van der Waals surface area contributed by atoms with Crippen molar-refractivity contribution in [3.8, 4) is 0 Å². The van der Waals surface area contributed by atoms with Gasteiger partial charge in [-0.2, -0.15) is 0 Å². The van der Waals surface area contributed by atoms with E-state index in [0.717, 1.165) is 25.4 Å². The predicted octanol–water partition coefficient (Wildman–Crippen LogP) is 1.53. The Kier molecular flexibility index (Phi) is 3.62. The van der Waals surface area contributed by atoms with Crippen LogP contribution in [0.4, 0.5) is 11.5 Å². The van der Waals surface area contributed by atoms with E-state index >= 15 is 0 Å². The average Bonchev–Trinajstić information content (AvgIpc) is 2.30. The topological polar surface area (TPSA) is 51.4 Å². The molecule has 2 N–H and O–H groups in total. The first-order valence-corrected chi connectivity index (χ1v) is 5.75.